The summed E-state index contributed by atoms with van der Waals surface area (Å²) in [4.78, 5) is 18.2. The Morgan fingerprint density at radius 1 is 1.59 bits per heavy atom. The summed E-state index contributed by atoms with van der Waals surface area (Å²) in [5.74, 6) is -0.108. The highest BCUT2D eigenvalue weighted by Gasteiger charge is 2.24. The summed E-state index contributed by atoms with van der Waals surface area (Å²) in [5.41, 5.74) is 7.74. The van der Waals surface area contributed by atoms with E-state index in [1.54, 1.807) is 17.4 Å². The summed E-state index contributed by atoms with van der Waals surface area (Å²) in [7, 11) is 0. The molecule has 0 spiro atoms. The van der Waals surface area contributed by atoms with Crippen LogP contribution in [0, 0.1) is 0 Å². The van der Waals surface area contributed by atoms with Crippen LogP contribution in [-0.2, 0) is 13.0 Å². The van der Waals surface area contributed by atoms with Gasteiger partial charge in [0.1, 0.15) is 5.69 Å². The Balaban J connectivity index is 1.64. The van der Waals surface area contributed by atoms with Crippen LogP contribution in [0.1, 0.15) is 52.6 Å². The summed E-state index contributed by atoms with van der Waals surface area (Å²) >= 11 is 1.74. The number of carbonyl (C=O) groups excluding carboxylic acids is 1. The molecule has 1 fully saturated rings. The Hall–Kier alpha value is -1.73. The highest BCUT2D eigenvalue weighted by molar-refractivity contribution is 7.09. The fraction of sp³-hybridized carbons (Fsp3) is 0.533. The molecule has 0 radical (unpaired) electrons. The van der Waals surface area contributed by atoms with Crippen molar-refractivity contribution in [1.82, 2.24) is 20.1 Å². The van der Waals surface area contributed by atoms with Gasteiger partial charge in [-0.1, -0.05) is 6.92 Å². The predicted octanol–water partition coefficient (Wildman–Crippen LogP) is 1.91. The number of nitrogens with zero attached hydrogens (tertiary/aromatic N) is 3. The molecule has 3 rings (SSSR count). The molecule has 1 aliphatic rings. The van der Waals surface area contributed by atoms with Crippen LogP contribution in [0.3, 0.4) is 0 Å². The normalized spacial score (nSPS) is 19.4. The molecule has 22 heavy (non-hydrogen) atoms. The van der Waals surface area contributed by atoms with E-state index in [-0.39, 0.29) is 0 Å². The number of hydrogen-bond acceptors (Lipinski definition) is 5. The highest BCUT2D eigenvalue weighted by atomic mass is 32.1. The molecule has 0 saturated carbocycles. The van der Waals surface area contributed by atoms with Crippen LogP contribution in [0.5, 0.6) is 0 Å². The Kier molecular flexibility index (Phi) is 4.54. The molecule has 0 bridgehead atoms. The summed E-state index contributed by atoms with van der Waals surface area (Å²) in [6, 6.07) is 1.79. The van der Waals surface area contributed by atoms with Crippen LogP contribution in [-0.4, -0.2) is 39.1 Å². The van der Waals surface area contributed by atoms with Crippen LogP contribution < -0.4 is 5.73 Å². The van der Waals surface area contributed by atoms with Gasteiger partial charge in [-0.25, -0.2) is 4.98 Å². The van der Waals surface area contributed by atoms with Gasteiger partial charge in [-0.05, 0) is 31.9 Å². The molecule has 1 amide bonds. The summed E-state index contributed by atoms with van der Waals surface area (Å²) < 4.78 is 0. The standard InChI is InChI=1S/C15H21N5OS/c1-2-14-17-11(9-22-14)8-20-5-3-4-10(7-20)12-6-13(15(16)21)19-18-12/h6,9-10H,2-5,7-8H2,1H3,(H2,16,21)(H,18,19). The smallest absolute Gasteiger partial charge is 0.269 e. The zero-order valence-electron chi connectivity index (χ0n) is 12.7. The van der Waals surface area contributed by atoms with Gasteiger partial charge in [0.05, 0.1) is 10.7 Å². The lowest BCUT2D eigenvalue weighted by Crippen LogP contribution is -2.34. The van der Waals surface area contributed by atoms with Crippen molar-refractivity contribution in [3.63, 3.8) is 0 Å². The van der Waals surface area contributed by atoms with Crippen LogP contribution in [0.25, 0.3) is 0 Å². The molecule has 3 heterocycles. The molecule has 1 aliphatic heterocycles. The van der Waals surface area contributed by atoms with Gasteiger partial charge in [-0.2, -0.15) is 5.10 Å². The molecule has 7 heteroatoms. The number of H-pyrrole nitrogens is 1. The van der Waals surface area contributed by atoms with Gasteiger partial charge in [0.25, 0.3) is 5.91 Å². The number of aromatic amines is 1. The lowest BCUT2D eigenvalue weighted by Gasteiger charge is -2.31. The van der Waals surface area contributed by atoms with E-state index in [2.05, 4.69) is 32.4 Å². The van der Waals surface area contributed by atoms with Crippen LogP contribution in [0.2, 0.25) is 0 Å². The fourth-order valence-electron chi connectivity index (χ4n) is 2.94. The third-order valence-electron chi connectivity index (χ3n) is 4.08. The first-order valence-corrected chi connectivity index (χ1v) is 8.54. The average molecular weight is 319 g/mol. The lowest BCUT2D eigenvalue weighted by molar-refractivity contribution is 0.0995. The molecular weight excluding hydrogens is 298 g/mol. The van der Waals surface area contributed by atoms with Gasteiger partial charge in [0, 0.05) is 30.1 Å². The largest absolute Gasteiger partial charge is 0.364 e. The predicted molar refractivity (Wildman–Crippen MR) is 85.8 cm³/mol. The average Bonchev–Trinajstić information content (AvgIpc) is 3.16. The van der Waals surface area contributed by atoms with E-state index in [1.165, 1.54) is 5.01 Å². The molecule has 0 aromatic carbocycles. The zero-order chi connectivity index (χ0) is 15.5. The SMILES string of the molecule is CCc1nc(CN2CCCC(c3cc(C(N)=O)n[nH]3)C2)cs1. The van der Waals surface area contributed by atoms with Crippen LogP contribution in [0.4, 0.5) is 0 Å². The first-order chi connectivity index (χ1) is 10.7. The van der Waals surface area contributed by atoms with Crippen molar-refractivity contribution in [2.75, 3.05) is 13.1 Å². The number of aromatic nitrogens is 3. The number of thiazole rings is 1. The molecule has 3 N–H and O–H groups in total. The number of amides is 1. The Morgan fingerprint density at radius 2 is 2.45 bits per heavy atom. The molecule has 118 valence electrons. The van der Waals surface area contributed by atoms with Crippen molar-refractivity contribution < 1.29 is 4.79 Å². The number of aryl methyl sites for hydroxylation is 1. The van der Waals surface area contributed by atoms with E-state index in [4.69, 9.17) is 5.73 Å². The van der Waals surface area contributed by atoms with Crippen molar-refractivity contribution >= 4 is 17.2 Å². The van der Waals surface area contributed by atoms with Gasteiger partial charge in [0.2, 0.25) is 0 Å². The molecule has 2 aromatic rings. The highest BCUT2D eigenvalue weighted by Crippen LogP contribution is 2.27. The Morgan fingerprint density at radius 3 is 3.14 bits per heavy atom. The van der Waals surface area contributed by atoms with Crippen molar-refractivity contribution in [2.24, 2.45) is 5.73 Å². The quantitative estimate of drug-likeness (QED) is 0.881. The minimum atomic E-state index is -0.482. The first-order valence-electron chi connectivity index (χ1n) is 7.66. The minimum absolute atomic E-state index is 0.319. The molecule has 0 aliphatic carbocycles. The third kappa shape index (κ3) is 3.36. The van der Waals surface area contributed by atoms with Gasteiger partial charge in [0.15, 0.2) is 0 Å². The third-order valence-corrected chi connectivity index (χ3v) is 5.12. The van der Waals surface area contributed by atoms with Gasteiger partial charge in [-0.3, -0.25) is 14.8 Å². The summed E-state index contributed by atoms with van der Waals surface area (Å²) in [5, 5.41) is 10.3. The van der Waals surface area contributed by atoms with Crippen LogP contribution >= 0.6 is 11.3 Å². The van der Waals surface area contributed by atoms with Gasteiger partial charge in [-0.15, -0.1) is 11.3 Å². The number of primary amides is 1. The number of likely N-dealkylation sites (tertiary alicyclic amines) is 1. The van der Waals surface area contributed by atoms with E-state index in [9.17, 15) is 4.79 Å². The van der Waals surface area contributed by atoms with Crippen molar-refractivity contribution in [3.8, 4) is 0 Å². The Labute approximate surface area is 133 Å². The van der Waals surface area contributed by atoms with Crippen molar-refractivity contribution in [2.45, 2.75) is 38.6 Å². The summed E-state index contributed by atoms with van der Waals surface area (Å²) in [6.07, 6.45) is 3.24. The maximum absolute atomic E-state index is 11.2. The van der Waals surface area contributed by atoms with E-state index in [0.717, 1.165) is 50.3 Å². The molecular formula is C15H21N5OS. The monoisotopic (exact) mass is 319 g/mol. The van der Waals surface area contributed by atoms with Gasteiger partial charge < -0.3 is 5.73 Å². The number of carbonyl (C=O) groups is 1. The molecule has 2 aromatic heterocycles. The van der Waals surface area contributed by atoms with E-state index >= 15 is 0 Å². The molecule has 6 nitrogen and oxygen atoms in total. The topological polar surface area (TPSA) is 87.9 Å². The molecule has 1 saturated heterocycles. The van der Waals surface area contributed by atoms with Crippen molar-refractivity contribution in [1.29, 1.82) is 0 Å². The number of rotatable bonds is 5. The molecule has 1 unspecified atom stereocenters. The van der Waals surface area contributed by atoms with E-state index < -0.39 is 5.91 Å². The fourth-order valence-corrected chi connectivity index (χ4v) is 3.67. The van der Waals surface area contributed by atoms with E-state index in [0.29, 0.717) is 11.6 Å². The molecule has 1 atom stereocenters. The Bertz CT molecular complexity index is 650. The van der Waals surface area contributed by atoms with Crippen molar-refractivity contribution in [3.05, 3.63) is 33.5 Å². The number of hydrogen-bond donors (Lipinski definition) is 2. The second-order valence-electron chi connectivity index (χ2n) is 5.73. The van der Waals surface area contributed by atoms with Gasteiger partial charge >= 0.3 is 0 Å². The van der Waals surface area contributed by atoms with E-state index in [1.807, 2.05) is 0 Å². The lowest BCUT2D eigenvalue weighted by atomic mass is 9.94. The zero-order valence-corrected chi connectivity index (χ0v) is 13.5. The maximum Gasteiger partial charge on any atom is 0.269 e. The first kappa shape index (κ1) is 15.2. The number of piperidine rings is 1. The number of nitrogens with two attached hydrogens (primary N) is 1. The maximum atomic E-state index is 11.2. The second-order valence-corrected chi connectivity index (χ2v) is 6.68. The number of nitrogens with one attached hydrogen (secondary N) is 1. The minimum Gasteiger partial charge on any atom is -0.364 e. The summed E-state index contributed by atoms with van der Waals surface area (Å²) in [6.45, 7) is 5.07. The second kappa shape index (κ2) is 6.58. The van der Waals surface area contributed by atoms with Crippen LogP contribution in [0.15, 0.2) is 11.4 Å².